The van der Waals surface area contributed by atoms with Gasteiger partial charge in [-0.3, -0.25) is 4.98 Å². The molecule has 0 saturated heterocycles. The maximum Gasteiger partial charge on any atom is 0.144 e. The van der Waals surface area contributed by atoms with E-state index < -0.39 is 0 Å². The molecule has 5 heteroatoms. The molecular weight excluding hydrogens is 230 g/mol. The molecule has 0 aliphatic carbocycles. The van der Waals surface area contributed by atoms with Gasteiger partial charge >= 0.3 is 0 Å². The van der Waals surface area contributed by atoms with Gasteiger partial charge in [-0.15, -0.1) is 0 Å². The largest absolute Gasteiger partial charge is 0.497 e. The van der Waals surface area contributed by atoms with E-state index in [1.165, 1.54) is 0 Å². The average Bonchev–Trinajstić information content (AvgIpc) is 2.46. The number of rotatable bonds is 4. The molecule has 1 aromatic heterocycles. The number of hydrogen-bond acceptors (Lipinski definition) is 5. The zero-order chi connectivity index (χ0) is 13.0. The van der Waals surface area contributed by atoms with Crippen molar-refractivity contribution in [2.45, 2.75) is 0 Å². The van der Waals surface area contributed by atoms with Gasteiger partial charge in [-0.1, -0.05) is 0 Å². The standard InChI is InChI=1S/C13H15N3O2/c1-14-13-8-15-11(7-16-13)10-6-9(17-2)4-5-12(10)18-3/h4-8H,1-3H3,(H,14,16). The first-order chi connectivity index (χ1) is 8.78. The summed E-state index contributed by atoms with van der Waals surface area (Å²) >= 11 is 0. The second-order valence-electron chi connectivity index (χ2n) is 3.60. The van der Waals surface area contributed by atoms with E-state index in [0.717, 1.165) is 28.6 Å². The summed E-state index contributed by atoms with van der Waals surface area (Å²) in [7, 11) is 5.05. The van der Waals surface area contributed by atoms with E-state index in [9.17, 15) is 0 Å². The van der Waals surface area contributed by atoms with E-state index in [4.69, 9.17) is 9.47 Å². The van der Waals surface area contributed by atoms with Crippen LogP contribution in [0.4, 0.5) is 5.82 Å². The molecule has 0 amide bonds. The first-order valence-electron chi connectivity index (χ1n) is 5.50. The average molecular weight is 245 g/mol. The van der Waals surface area contributed by atoms with Crippen LogP contribution in [0.1, 0.15) is 0 Å². The number of nitrogens with zero attached hydrogens (tertiary/aromatic N) is 2. The Bertz CT molecular complexity index is 526. The number of nitrogens with one attached hydrogen (secondary N) is 1. The zero-order valence-electron chi connectivity index (χ0n) is 10.6. The van der Waals surface area contributed by atoms with E-state index >= 15 is 0 Å². The Morgan fingerprint density at radius 1 is 1.06 bits per heavy atom. The molecule has 94 valence electrons. The van der Waals surface area contributed by atoms with Crippen LogP contribution in [0, 0.1) is 0 Å². The van der Waals surface area contributed by atoms with Crippen molar-refractivity contribution < 1.29 is 9.47 Å². The smallest absolute Gasteiger partial charge is 0.144 e. The third kappa shape index (κ3) is 2.34. The monoisotopic (exact) mass is 245 g/mol. The number of methoxy groups -OCH3 is 2. The maximum atomic E-state index is 5.32. The molecule has 1 aromatic carbocycles. The van der Waals surface area contributed by atoms with E-state index in [1.54, 1.807) is 33.7 Å². The predicted molar refractivity (Wildman–Crippen MR) is 70.1 cm³/mol. The van der Waals surface area contributed by atoms with Crippen LogP contribution in [0.3, 0.4) is 0 Å². The molecule has 0 atom stereocenters. The number of hydrogen-bond donors (Lipinski definition) is 1. The fraction of sp³-hybridized carbons (Fsp3) is 0.231. The number of ether oxygens (including phenoxy) is 2. The van der Waals surface area contributed by atoms with Crippen molar-refractivity contribution in [2.75, 3.05) is 26.6 Å². The van der Waals surface area contributed by atoms with Gasteiger partial charge in [0, 0.05) is 12.6 Å². The Labute approximate surface area is 106 Å². The predicted octanol–water partition coefficient (Wildman–Crippen LogP) is 2.20. The minimum Gasteiger partial charge on any atom is -0.497 e. The van der Waals surface area contributed by atoms with E-state index in [1.807, 2.05) is 18.2 Å². The molecule has 0 unspecified atom stereocenters. The summed E-state index contributed by atoms with van der Waals surface area (Å²) in [5, 5.41) is 2.93. The molecule has 2 aromatic rings. The summed E-state index contributed by atoms with van der Waals surface area (Å²) in [4.78, 5) is 8.58. The molecule has 5 nitrogen and oxygen atoms in total. The van der Waals surface area contributed by atoms with Crippen molar-refractivity contribution in [3.05, 3.63) is 30.6 Å². The molecule has 2 rings (SSSR count). The highest BCUT2D eigenvalue weighted by atomic mass is 16.5. The molecule has 0 saturated carbocycles. The summed E-state index contributed by atoms with van der Waals surface area (Å²) in [6.45, 7) is 0. The van der Waals surface area contributed by atoms with Crippen LogP contribution in [-0.4, -0.2) is 31.2 Å². The van der Waals surface area contributed by atoms with E-state index in [0.29, 0.717) is 0 Å². The van der Waals surface area contributed by atoms with Crippen LogP contribution in [0.2, 0.25) is 0 Å². The first kappa shape index (κ1) is 12.2. The number of benzene rings is 1. The molecule has 0 fully saturated rings. The Morgan fingerprint density at radius 3 is 2.44 bits per heavy atom. The fourth-order valence-corrected chi connectivity index (χ4v) is 1.61. The van der Waals surface area contributed by atoms with Crippen molar-refractivity contribution in [2.24, 2.45) is 0 Å². The summed E-state index contributed by atoms with van der Waals surface area (Å²) in [5.41, 5.74) is 1.59. The molecule has 0 bridgehead atoms. The lowest BCUT2D eigenvalue weighted by atomic mass is 10.1. The molecule has 1 N–H and O–H groups in total. The van der Waals surface area contributed by atoms with Crippen LogP contribution in [0.5, 0.6) is 11.5 Å². The van der Waals surface area contributed by atoms with Gasteiger partial charge in [0.15, 0.2) is 0 Å². The first-order valence-corrected chi connectivity index (χ1v) is 5.50. The van der Waals surface area contributed by atoms with Crippen molar-refractivity contribution >= 4 is 5.82 Å². The quantitative estimate of drug-likeness (QED) is 0.895. The summed E-state index contributed by atoms with van der Waals surface area (Å²) < 4.78 is 10.5. The van der Waals surface area contributed by atoms with Gasteiger partial charge in [-0.25, -0.2) is 4.98 Å². The minimum absolute atomic E-state index is 0.723. The zero-order valence-corrected chi connectivity index (χ0v) is 10.6. The highest BCUT2D eigenvalue weighted by Crippen LogP contribution is 2.31. The third-order valence-corrected chi connectivity index (χ3v) is 2.59. The lowest BCUT2D eigenvalue weighted by molar-refractivity contribution is 0.404. The van der Waals surface area contributed by atoms with Crippen LogP contribution in [0.25, 0.3) is 11.3 Å². The number of anilines is 1. The van der Waals surface area contributed by atoms with Crippen molar-refractivity contribution in [3.8, 4) is 22.8 Å². The lowest BCUT2D eigenvalue weighted by Crippen LogP contribution is -1.96. The Kier molecular flexibility index (Phi) is 3.62. The molecule has 0 spiro atoms. The Hall–Kier alpha value is -2.30. The molecule has 1 heterocycles. The molecular formula is C13H15N3O2. The van der Waals surface area contributed by atoms with Crippen molar-refractivity contribution in [3.63, 3.8) is 0 Å². The molecule has 18 heavy (non-hydrogen) atoms. The van der Waals surface area contributed by atoms with Gasteiger partial charge in [-0.2, -0.15) is 0 Å². The molecule has 0 aliphatic rings. The lowest BCUT2D eigenvalue weighted by Gasteiger charge is -2.10. The highest BCUT2D eigenvalue weighted by Gasteiger charge is 2.09. The second kappa shape index (κ2) is 5.35. The van der Waals surface area contributed by atoms with Gasteiger partial charge in [0.25, 0.3) is 0 Å². The molecule has 0 radical (unpaired) electrons. The van der Waals surface area contributed by atoms with Crippen LogP contribution < -0.4 is 14.8 Å². The van der Waals surface area contributed by atoms with Crippen molar-refractivity contribution in [1.29, 1.82) is 0 Å². The molecule has 0 aliphatic heterocycles. The van der Waals surface area contributed by atoms with Gasteiger partial charge in [-0.05, 0) is 18.2 Å². The summed E-state index contributed by atoms with van der Waals surface area (Å²) in [6, 6.07) is 5.57. The fourth-order valence-electron chi connectivity index (χ4n) is 1.61. The SMILES string of the molecule is CNc1cnc(-c2cc(OC)ccc2OC)cn1. The minimum atomic E-state index is 0.723. The van der Waals surface area contributed by atoms with Gasteiger partial charge in [0.2, 0.25) is 0 Å². The van der Waals surface area contributed by atoms with Crippen LogP contribution in [0.15, 0.2) is 30.6 Å². The van der Waals surface area contributed by atoms with Gasteiger partial charge in [0.05, 0.1) is 32.3 Å². The van der Waals surface area contributed by atoms with Crippen LogP contribution in [-0.2, 0) is 0 Å². The summed E-state index contributed by atoms with van der Waals surface area (Å²) in [6.07, 6.45) is 3.37. The van der Waals surface area contributed by atoms with E-state index in [-0.39, 0.29) is 0 Å². The van der Waals surface area contributed by atoms with Gasteiger partial charge < -0.3 is 14.8 Å². The highest BCUT2D eigenvalue weighted by molar-refractivity contribution is 5.68. The second-order valence-corrected chi connectivity index (χ2v) is 3.60. The normalized spacial score (nSPS) is 9.94. The topological polar surface area (TPSA) is 56.3 Å². The van der Waals surface area contributed by atoms with Gasteiger partial charge in [0.1, 0.15) is 17.3 Å². The maximum absolute atomic E-state index is 5.32. The van der Waals surface area contributed by atoms with Crippen molar-refractivity contribution in [1.82, 2.24) is 9.97 Å². The number of aromatic nitrogens is 2. The Balaban J connectivity index is 2.46. The summed E-state index contributed by atoms with van der Waals surface area (Å²) in [5.74, 6) is 2.22. The Morgan fingerprint density at radius 2 is 1.89 bits per heavy atom. The third-order valence-electron chi connectivity index (χ3n) is 2.59. The van der Waals surface area contributed by atoms with E-state index in [2.05, 4.69) is 15.3 Å². The van der Waals surface area contributed by atoms with Crippen LogP contribution >= 0.6 is 0 Å².